The summed E-state index contributed by atoms with van der Waals surface area (Å²) in [6.07, 6.45) is 1.96. The van der Waals surface area contributed by atoms with E-state index in [1.54, 1.807) is 0 Å². The Labute approximate surface area is 121 Å². The fourth-order valence-electron chi connectivity index (χ4n) is 2.13. The van der Waals surface area contributed by atoms with Crippen molar-refractivity contribution in [2.24, 2.45) is 0 Å². The summed E-state index contributed by atoms with van der Waals surface area (Å²) in [5.41, 5.74) is 2.20. The van der Waals surface area contributed by atoms with Crippen LogP contribution in [0.3, 0.4) is 0 Å². The third-order valence-corrected chi connectivity index (χ3v) is 4.27. The van der Waals surface area contributed by atoms with Gasteiger partial charge >= 0.3 is 7.12 Å². The highest BCUT2D eigenvalue weighted by molar-refractivity contribution is 6.55. The molecule has 1 aromatic carbocycles. The van der Waals surface area contributed by atoms with E-state index in [-0.39, 0.29) is 6.61 Å². The Hall–Kier alpha value is -1.10. The number of aryl methyl sites for hydroxylation is 1. The molecule has 0 bridgehead atoms. The van der Waals surface area contributed by atoms with Crippen LogP contribution in [-0.4, -0.2) is 30.0 Å². The maximum absolute atomic E-state index is 9.65. The van der Waals surface area contributed by atoms with Crippen molar-refractivity contribution in [3.05, 3.63) is 40.9 Å². The molecule has 1 aliphatic heterocycles. The predicted octanol–water partition coefficient (Wildman–Crippen LogP) is 3.00. The molecule has 0 unspecified atom stereocenters. The monoisotopic (exact) mass is 274 g/mol. The van der Waals surface area contributed by atoms with Crippen molar-refractivity contribution in [2.45, 2.75) is 45.8 Å². The minimum Gasteiger partial charge on any atom is -0.400 e. The van der Waals surface area contributed by atoms with Gasteiger partial charge in [-0.1, -0.05) is 30.3 Å². The quantitative estimate of drug-likeness (QED) is 0.861. The van der Waals surface area contributed by atoms with E-state index in [4.69, 9.17) is 9.31 Å². The largest absolute Gasteiger partial charge is 0.492 e. The third-order valence-electron chi connectivity index (χ3n) is 4.27. The van der Waals surface area contributed by atoms with Crippen LogP contribution in [0.2, 0.25) is 0 Å². The minimum atomic E-state index is -0.496. The van der Waals surface area contributed by atoms with Crippen molar-refractivity contribution in [1.29, 1.82) is 0 Å². The Kier molecular flexibility index (Phi) is 4.10. The first-order chi connectivity index (χ1) is 9.27. The number of rotatable bonds is 3. The molecule has 1 aromatic rings. The smallest absolute Gasteiger partial charge is 0.400 e. The zero-order valence-corrected chi connectivity index (χ0v) is 12.9. The molecule has 0 atom stereocenters. The summed E-state index contributed by atoms with van der Waals surface area (Å²) in [5.74, 6) is 0. The van der Waals surface area contributed by atoms with Gasteiger partial charge in [-0.3, -0.25) is 0 Å². The fourth-order valence-corrected chi connectivity index (χ4v) is 2.13. The zero-order valence-electron chi connectivity index (χ0n) is 12.9. The zero-order chi connectivity index (χ0) is 15.0. The highest BCUT2D eigenvalue weighted by Crippen LogP contribution is 2.38. The van der Waals surface area contributed by atoms with E-state index in [0.717, 1.165) is 16.6 Å². The highest BCUT2D eigenvalue weighted by atomic mass is 16.7. The summed E-state index contributed by atoms with van der Waals surface area (Å²) < 4.78 is 12.0. The Morgan fingerprint density at radius 2 is 1.70 bits per heavy atom. The number of hydrogen-bond acceptors (Lipinski definition) is 3. The van der Waals surface area contributed by atoms with Gasteiger partial charge in [0.15, 0.2) is 0 Å². The van der Waals surface area contributed by atoms with Crippen LogP contribution in [0.1, 0.15) is 38.8 Å². The average Bonchev–Trinajstić information content (AvgIpc) is 2.57. The molecule has 1 fully saturated rings. The van der Waals surface area contributed by atoms with E-state index < -0.39 is 18.3 Å². The maximum Gasteiger partial charge on any atom is 0.492 e. The summed E-state index contributed by atoms with van der Waals surface area (Å²) in [4.78, 5) is 0. The van der Waals surface area contributed by atoms with Crippen LogP contribution < -0.4 is 0 Å². The first-order valence-electron chi connectivity index (χ1n) is 6.99. The van der Waals surface area contributed by atoms with Gasteiger partial charge in [0.05, 0.1) is 17.8 Å². The van der Waals surface area contributed by atoms with E-state index in [2.05, 4.69) is 0 Å². The van der Waals surface area contributed by atoms with Gasteiger partial charge < -0.3 is 14.4 Å². The lowest BCUT2D eigenvalue weighted by Crippen LogP contribution is -2.41. The molecule has 108 valence electrons. The molecule has 1 heterocycles. The van der Waals surface area contributed by atoms with Crippen LogP contribution in [0, 0.1) is 6.92 Å². The minimum absolute atomic E-state index is 0.0782. The number of aliphatic hydroxyl groups excluding tert-OH is 1. The Morgan fingerprint density at radius 3 is 2.20 bits per heavy atom. The van der Waals surface area contributed by atoms with Gasteiger partial charge in [0.25, 0.3) is 0 Å². The average molecular weight is 274 g/mol. The Morgan fingerprint density at radius 1 is 1.15 bits per heavy atom. The van der Waals surface area contributed by atoms with E-state index >= 15 is 0 Å². The van der Waals surface area contributed by atoms with Crippen molar-refractivity contribution < 1.29 is 14.4 Å². The summed E-state index contributed by atoms with van der Waals surface area (Å²) in [6.45, 7) is 10.0. The molecule has 1 saturated heterocycles. The van der Waals surface area contributed by atoms with E-state index in [9.17, 15) is 5.11 Å². The van der Waals surface area contributed by atoms with Crippen LogP contribution in [-0.2, 0) is 9.31 Å². The molecule has 1 aliphatic rings. The lowest BCUT2D eigenvalue weighted by atomic mass is 9.77. The van der Waals surface area contributed by atoms with Crippen molar-refractivity contribution in [3.63, 3.8) is 0 Å². The second-order valence-corrected chi connectivity index (χ2v) is 6.32. The Balaban J connectivity index is 2.29. The summed E-state index contributed by atoms with van der Waals surface area (Å²) in [7, 11) is -0.496. The number of benzene rings is 1. The van der Waals surface area contributed by atoms with Crippen LogP contribution >= 0.6 is 0 Å². The van der Waals surface area contributed by atoms with Gasteiger partial charge in [-0.05, 0) is 51.2 Å². The molecule has 0 spiro atoms. The number of hydrogen-bond donors (Lipinski definition) is 1. The predicted molar refractivity (Wildman–Crippen MR) is 82.3 cm³/mol. The number of aliphatic hydroxyl groups is 1. The van der Waals surface area contributed by atoms with Crippen molar-refractivity contribution >= 4 is 13.2 Å². The summed E-state index contributed by atoms with van der Waals surface area (Å²) >= 11 is 0. The standard InChI is InChI=1S/C16H23BO3/c1-12-8-6-7-9-13(12)10-14(11-18)17-19-15(2,3)16(4,5)20-17/h6-10,18H,11H2,1-5H3. The lowest BCUT2D eigenvalue weighted by Gasteiger charge is -2.32. The molecule has 0 aromatic heterocycles. The van der Waals surface area contributed by atoms with Crippen LogP contribution in [0.5, 0.6) is 0 Å². The Bertz CT molecular complexity index is 504. The van der Waals surface area contributed by atoms with Gasteiger partial charge in [0.2, 0.25) is 0 Å². The maximum atomic E-state index is 9.65. The molecule has 1 N–H and O–H groups in total. The third kappa shape index (κ3) is 2.83. The van der Waals surface area contributed by atoms with Crippen molar-refractivity contribution in [1.82, 2.24) is 0 Å². The second-order valence-electron chi connectivity index (χ2n) is 6.32. The first kappa shape index (κ1) is 15.3. The second kappa shape index (κ2) is 5.36. The van der Waals surface area contributed by atoms with Crippen molar-refractivity contribution in [3.8, 4) is 0 Å². The molecule has 0 amide bonds. The SMILES string of the molecule is Cc1ccccc1C=C(CO)B1OC(C)(C)C(C)(C)O1. The molecule has 0 saturated carbocycles. The molecule has 20 heavy (non-hydrogen) atoms. The van der Waals surface area contributed by atoms with E-state index in [1.165, 1.54) is 0 Å². The summed E-state index contributed by atoms with van der Waals surface area (Å²) in [5, 5.41) is 9.65. The van der Waals surface area contributed by atoms with Gasteiger partial charge in [-0.2, -0.15) is 0 Å². The fraction of sp³-hybridized carbons (Fsp3) is 0.500. The van der Waals surface area contributed by atoms with Gasteiger partial charge in [0.1, 0.15) is 0 Å². The van der Waals surface area contributed by atoms with Gasteiger partial charge in [-0.15, -0.1) is 0 Å². The molecular formula is C16H23BO3. The van der Waals surface area contributed by atoms with Crippen LogP contribution in [0.25, 0.3) is 6.08 Å². The normalized spacial score (nSPS) is 21.3. The summed E-state index contributed by atoms with van der Waals surface area (Å²) in [6, 6.07) is 8.06. The van der Waals surface area contributed by atoms with Gasteiger partial charge in [-0.25, -0.2) is 0 Å². The lowest BCUT2D eigenvalue weighted by molar-refractivity contribution is 0.00578. The van der Waals surface area contributed by atoms with E-state index in [0.29, 0.717) is 0 Å². The highest BCUT2D eigenvalue weighted by Gasteiger charge is 2.52. The molecule has 0 aliphatic carbocycles. The van der Waals surface area contributed by atoms with E-state index in [1.807, 2.05) is 65.0 Å². The molecule has 3 nitrogen and oxygen atoms in total. The molecule has 4 heteroatoms. The first-order valence-corrected chi connectivity index (χ1v) is 6.99. The molecule has 2 rings (SSSR count). The molecular weight excluding hydrogens is 251 g/mol. The topological polar surface area (TPSA) is 38.7 Å². The van der Waals surface area contributed by atoms with Gasteiger partial charge in [0, 0.05) is 0 Å². The van der Waals surface area contributed by atoms with Crippen molar-refractivity contribution in [2.75, 3.05) is 6.61 Å². The van der Waals surface area contributed by atoms with Crippen LogP contribution in [0.4, 0.5) is 0 Å². The van der Waals surface area contributed by atoms with Crippen LogP contribution in [0.15, 0.2) is 29.7 Å². The molecule has 0 radical (unpaired) electrons.